The zero-order valence-electron chi connectivity index (χ0n) is 16.2. The van der Waals surface area contributed by atoms with Gasteiger partial charge in [0.05, 0.1) is 29.9 Å². The molecule has 0 spiro atoms. The molecule has 3 aromatic rings. The van der Waals surface area contributed by atoms with E-state index in [2.05, 4.69) is 16.3 Å². The van der Waals surface area contributed by atoms with Gasteiger partial charge in [0, 0.05) is 13.1 Å². The lowest BCUT2D eigenvalue weighted by Gasteiger charge is -2.25. The van der Waals surface area contributed by atoms with Gasteiger partial charge in [0.2, 0.25) is 5.91 Å². The summed E-state index contributed by atoms with van der Waals surface area (Å²) in [6.07, 6.45) is 6.04. The molecular weight excluding hydrogens is 366 g/mol. The van der Waals surface area contributed by atoms with E-state index in [1.165, 1.54) is 12.8 Å². The minimum Gasteiger partial charge on any atom is -0.467 e. The third-order valence-electron chi connectivity index (χ3n) is 5.17. The molecule has 1 amide bonds. The predicted octanol–water partition coefficient (Wildman–Crippen LogP) is 3.53. The average Bonchev–Trinajstić information content (AvgIpc) is 3.13. The van der Waals surface area contributed by atoms with Gasteiger partial charge < -0.3 is 14.6 Å². The molecule has 29 heavy (non-hydrogen) atoms. The number of aromatic nitrogens is 2. The molecular formula is C22H23N5O2. The van der Waals surface area contributed by atoms with E-state index in [0.29, 0.717) is 22.8 Å². The van der Waals surface area contributed by atoms with Crippen LogP contribution in [0.1, 0.15) is 43.1 Å². The van der Waals surface area contributed by atoms with E-state index in [0.717, 1.165) is 31.4 Å². The second-order valence-corrected chi connectivity index (χ2v) is 7.18. The van der Waals surface area contributed by atoms with Gasteiger partial charge >= 0.3 is 0 Å². The van der Waals surface area contributed by atoms with Crippen molar-refractivity contribution in [1.82, 2.24) is 15.3 Å². The Kier molecular flexibility index (Phi) is 5.71. The highest BCUT2D eigenvalue weighted by atomic mass is 16.3. The van der Waals surface area contributed by atoms with Crippen molar-refractivity contribution in [3.8, 4) is 6.07 Å². The minimum absolute atomic E-state index is 0.226. The van der Waals surface area contributed by atoms with Crippen LogP contribution < -0.4 is 10.2 Å². The summed E-state index contributed by atoms with van der Waals surface area (Å²) in [5.74, 6) is -0.164. The van der Waals surface area contributed by atoms with Crippen molar-refractivity contribution in [1.29, 1.82) is 5.26 Å². The van der Waals surface area contributed by atoms with Gasteiger partial charge in [-0.15, -0.1) is 0 Å². The van der Waals surface area contributed by atoms with Gasteiger partial charge in [-0.05, 0) is 37.1 Å². The highest BCUT2D eigenvalue weighted by molar-refractivity contribution is 5.88. The number of amides is 1. The predicted molar refractivity (Wildman–Crippen MR) is 109 cm³/mol. The van der Waals surface area contributed by atoms with Crippen LogP contribution >= 0.6 is 0 Å². The average molecular weight is 389 g/mol. The van der Waals surface area contributed by atoms with Crippen molar-refractivity contribution in [2.24, 2.45) is 0 Å². The Hall–Kier alpha value is -3.40. The van der Waals surface area contributed by atoms with Crippen molar-refractivity contribution in [2.75, 3.05) is 18.0 Å². The minimum atomic E-state index is -1.04. The third-order valence-corrected chi connectivity index (χ3v) is 5.17. The molecule has 7 nitrogen and oxygen atoms in total. The molecule has 148 valence electrons. The van der Waals surface area contributed by atoms with Crippen molar-refractivity contribution < 1.29 is 9.21 Å². The van der Waals surface area contributed by atoms with Crippen molar-refractivity contribution in [2.45, 2.75) is 38.1 Å². The van der Waals surface area contributed by atoms with Crippen LogP contribution in [-0.4, -0.2) is 29.0 Å². The first-order chi connectivity index (χ1) is 14.3. The topological polar surface area (TPSA) is 95.0 Å². The van der Waals surface area contributed by atoms with Crippen LogP contribution in [-0.2, 0) is 11.3 Å². The van der Waals surface area contributed by atoms with Gasteiger partial charge in [0.15, 0.2) is 11.7 Å². The van der Waals surface area contributed by atoms with Gasteiger partial charge in [0.1, 0.15) is 11.5 Å². The van der Waals surface area contributed by atoms with E-state index in [-0.39, 0.29) is 6.54 Å². The molecule has 1 saturated heterocycles. The summed E-state index contributed by atoms with van der Waals surface area (Å²) < 4.78 is 5.26. The molecule has 2 aromatic heterocycles. The Bertz CT molecular complexity index is 1020. The van der Waals surface area contributed by atoms with E-state index in [1.807, 2.05) is 24.3 Å². The molecule has 0 radical (unpaired) electrons. The molecule has 0 bridgehead atoms. The van der Waals surface area contributed by atoms with Crippen LogP contribution in [0.3, 0.4) is 0 Å². The quantitative estimate of drug-likeness (QED) is 0.717. The van der Waals surface area contributed by atoms with Crippen molar-refractivity contribution >= 4 is 22.8 Å². The number of fused-ring (bicyclic) bond motifs is 1. The number of carbonyl (C=O) groups is 1. The van der Waals surface area contributed by atoms with Crippen LogP contribution in [0.2, 0.25) is 0 Å². The molecule has 1 unspecified atom stereocenters. The van der Waals surface area contributed by atoms with Crippen LogP contribution in [0.4, 0.5) is 5.82 Å². The number of nitriles is 1. The first-order valence-electron chi connectivity index (χ1n) is 9.97. The number of hydrogen-bond acceptors (Lipinski definition) is 6. The number of carbonyl (C=O) groups excluding carboxylic acids is 1. The Morgan fingerprint density at radius 3 is 2.48 bits per heavy atom. The Morgan fingerprint density at radius 1 is 1.10 bits per heavy atom. The van der Waals surface area contributed by atoms with Crippen molar-refractivity contribution in [3.05, 3.63) is 54.1 Å². The first-order valence-corrected chi connectivity index (χ1v) is 9.97. The lowest BCUT2D eigenvalue weighted by Crippen LogP contribution is -2.32. The summed E-state index contributed by atoms with van der Waals surface area (Å²) in [4.78, 5) is 24.5. The zero-order valence-corrected chi connectivity index (χ0v) is 16.2. The normalized spacial score (nSPS) is 15.5. The molecule has 1 fully saturated rings. The fourth-order valence-corrected chi connectivity index (χ4v) is 3.65. The maximum absolute atomic E-state index is 12.8. The maximum Gasteiger partial charge on any atom is 0.244 e. The monoisotopic (exact) mass is 389 g/mol. The van der Waals surface area contributed by atoms with Crippen LogP contribution in [0.5, 0.6) is 0 Å². The second kappa shape index (κ2) is 8.74. The number of rotatable bonds is 5. The van der Waals surface area contributed by atoms with Crippen molar-refractivity contribution in [3.63, 3.8) is 0 Å². The van der Waals surface area contributed by atoms with E-state index in [1.54, 1.807) is 18.4 Å². The lowest BCUT2D eigenvalue weighted by molar-refractivity contribution is -0.121. The zero-order chi connectivity index (χ0) is 20.1. The van der Waals surface area contributed by atoms with E-state index in [4.69, 9.17) is 14.4 Å². The summed E-state index contributed by atoms with van der Waals surface area (Å²) in [5, 5.41) is 12.6. The molecule has 4 rings (SSSR count). The molecule has 0 aliphatic carbocycles. The van der Waals surface area contributed by atoms with Gasteiger partial charge in [0.25, 0.3) is 0 Å². The number of para-hydroxylation sites is 2. The Labute approximate surface area is 169 Å². The third kappa shape index (κ3) is 4.21. The smallest absolute Gasteiger partial charge is 0.244 e. The Morgan fingerprint density at radius 2 is 1.83 bits per heavy atom. The summed E-state index contributed by atoms with van der Waals surface area (Å²) >= 11 is 0. The maximum atomic E-state index is 12.8. The van der Waals surface area contributed by atoms with Gasteiger partial charge in [-0.3, -0.25) is 4.79 Å². The molecule has 3 heterocycles. The molecule has 1 aliphatic heterocycles. The second-order valence-electron chi connectivity index (χ2n) is 7.18. The summed E-state index contributed by atoms with van der Waals surface area (Å²) in [5.41, 5.74) is 1.87. The van der Waals surface area contributed by atoms with E-state index in [9.17, 15) is 10.1 Å². The van der Waals surface area contributed by atoms with Gasteiger partial charge in [-0.2, -0.15) is 5.26 Å². The molecule has 1 aliphatic rings. The van der Waals surface area contributed by atoms with Crippen LogP contribution in [0.15, 0.2) is 47.1 Å². The molecule has 0 saturated carbocycles. The van der Waals surface area contributed by atoms with Gasteiger partial charge in [-0.1, -0.05) is 25.0 Å². The van der Waals surface area contributed by atoms with Crippen LogP contribution in [0.25, 0.3) is 11.0 Å². The lowest BCUT2D eigenvalue weighted by atomic mass is 10.0. The molecule has 1 N–H and O–H groups in total. The van der Waals surface area contributed by atoms with Gasteiger partial charge in [-0.25, -0.2) is 9.97 Å². The molecule has 1 aromatic carbocycles. The number of anilines is 1. The number of benzene rings is 1. The summed E-state index contributed by atoms with van der Waals surface area (Å²) in [6.45, 7) is 1.93. The first kappa shape index (κ1) is 18.9. The standard InChI is InChI=1S/C22H23N5O2/c23-14-17(22(28)24-15-16-8-7-13-29-16)20-21(27-11-5-1-2-6-12-27)26-19-10-4-3-9-18(19)25-20/h3-4,7-10,13,17H,1-2,5-6,11-12,15H2,(H,24,28). The number of nitrogens with zero attached hydrogens (tertiary/aromatic N) is 4. The highest BCUT2D eigenvalue weighted by Crippen LogP contribution is 2.29. The summed E-state index contributed by atoms with van der Waals surface area (Å²) in [7, 11) is 0. The van der Waals surface area contributed by atoms with E-state index >= 15 is 0 Å². The number of nitrogens with one attached hydrogen (secondary N) is 1. The summed E-state index contributed by atoms with van der Waals surface area (Å²) in [6, 6.07) is 13.2. The number of hydrogen-bond donors (Lipinski definition) is 1. The molecule has 1 atom stereocenters. The fraction of sp³-hybridized carbons (Fsp3) is 0.364. The SMILES string of the molecule is N#CC(C(=O)NCc1ccco1)c1nc2ccccc2nc1N1CCCCCC1. The fourth-order valence-electron chi connectivity index (χ4n) is 3.65. The largest absolute Gasteiger partial charge is 0.467 e. The number of furan rings is 1. The Balaban J connectivity index is 1.69. The van der Waals surface area contributed by atoms with E-state index < -0.39 is 11.8 Å². The molecule has 7 heteroatoms. The van der Waals surface area contributed by atoms with Crippen LogP contribution in [0, 0.1) is 11.3 Å². The highest BCUT2D eigenvalue weighted by Gasteiger charge is 2.29.